The Bertz CT molecular complexity index is 730. The number of rotatable bonds is 2. The van der Waals surface area contributed by atoms with E-state index >= 15 is 0 Å². The molecule has 2 aliphatic rings. The minimum Gasteiger partial charge on any atom is -0.383 e. The van der Waals surface area contributed by atoms with Gasteiger partial charge < -0.3 is 16.0 Å². The van der Waals surface area contributed by atoms with Gasteiger partial charge in [0.15, 0.2) is 0 Å². The van der Waals surface area contributed by atoms with E-state index in [1.54, 1.807) is 0 Å². The number of piperidine rings is 1. The Morgan fingerprint density at radius 1 is 1.16 bits per heavy atom. The van der Waals surface area contributed by atoms with Crippen molar-refractivity contribution in [3.8, 4) is 11.3 Å². The van der Waals surface area contributed by atoms with Crippen LogP contribution in [0.25, 0.3) is 11.3 Å². The van der Waals surface area contributed by atoms with Crippen LogP contribution in [0.5, 0.6) is 0 Å². The number of nitrogens with one attached hydrogen (secondary N) is 2. The number of nitrogen functional groups attached to an aromatic ring is 1. The van der Waals surface area contributed by atoms with Crippen LogP contribution in [0.15, 0.2) is 18.5 Å². The van der Waals surface area contributed by atoms with Crippen molar-refractivity contribution in [2.45, 2.75) is 32.4 Å². The fraction of sp³-hybridized carbons (Fsp3) is 0.529. The van der Waals surface area contributed by atoms with Gasteiger partial charge >= 0.3 is 6.18 Å². The summed E-state index contributed by atoms with van der Waals surface area (Å²) in [5.74, 6) is 2.55. The zero-order chi connectivity index (χ0) is 18.2. The second kappa shape index (κ2) is 6.67. The van der Waals surface area contributed by atoms with Gasteiger partial charge in [-0.3, -0.25) is 0 Å². The second-order valence-corrected chi connectivity index (χ2v) is 6.91. The molecule has 4 rings (SSSR count). The Kier molecular flexibility index (Phi) is 4.73. The third-order valence-corrected chi connectivity index (χ3v) is 4.56. The molecule has 136 valence electrons. The van der Waals surface area contributed by atoms with E-state index in [1.807, 2.05) is 13.8 Å². The molecule has 5 nitrogen and oxygen atoms in total. The number of aromatic nitrogens is 3. The fourth-order valence-corrected chi connectivity index (χ4v) is 2.89. The third kappa shape index (κ3) is 4.12. The van der Waals surface area contributed by atoms with E-state index in [4.69, 9.17) is 5.73 Å². The molecule has 1 saturated heterocycles. The molecule has 2 fully saturated rings. The lowest BCUT2D eigenvalue weighted by Crippen LogP contribution is -2.10. The van der Waals surface area contributed by atoms with Crippen molar-refractivity contribution in [1.82, 2.24) is 20.3 Å². The maximum absolute atomic E-state index is 12.7. The smallest absolute Gasteiger partial charge is 0.383 e. The maximum atomic E-state index is 12.7. The highest BCUT2D eigenvalue weighted by Crippen LogP contribution is 2.40. The second-order valence-electron chi connectivity index (χ2n) is 6.91. The van der Waals surface area contributed by atoms with Gasteiger partial charge in [0.25, 0.3) is 0 Å². The van der Waals surface area contributed by atoms with Crippen LogP contribution in [0.1, 0.15) is 37.6 Å². The quantitative estimate of drug-likeness (QED) is 0.773. The molecule has 1 aliphatic carbocycles. The molecule has 2 aromatic heterocycles. The van der Waals surface area contributed by atoms with Crippen molar-refractivity contribution in [3.05, 3.63) is 29.8 Å². The molecule has 3 heterocycles. The van der Waals surface area contributed by atoms with Crippen molar-refractivity contribution >= 4 is 5.82 Å². The van der Waals surface area contributed by atoms with Gasteiger partial charge in [-0.25, -0.2) is 9.97 Å². The summed E-state index contributed by atoms with van der Waals surface area (Å²) in [6.45, 7) is 6.49. The highest BCUT2D eigenvalue weighted by molar-refractivity contribution is 5.61. The van der Waals surface area contributed by atoms with Gasteiger partial charge in [0, 0.05) is 17.7 Å². The number of anilines is 1. The molecule has 0 aromatic carbocycles. The highest BCUT2D eigenvalue weighted by atomic mass is 19.4. The molecular weight excluding hydrogens is 331 g/mol. The van der Waals surface area contributed by atoms with Crippen LogP contribution < -0.4 is 11.1 Å². The topological polar surface area (TPSA) is 79.6 Å². The molecule has 2 aromatic rings. The van der Waals surface area contributed by atoms with Crippen molar-refractivity contribution in [2.75, 3.05) is 18.8 Å². The maximum Gasteiger partial charge on any atom is 0.419 e. The molecule has 0 radical (unpaired) electrons. The number of aromatic amines is 1. The standard InChI is InChI=1S/C12H13F3N4.C5H9N/c1-6(2)11-18-5-9(19-11)7-3-8(12(13,14)15)10(16)17-4-7;1-4-2-6-3-5(1)4/h3-6H,1-2H3,(H2,16,17)(H,18,19);4-6H,1-3H2. The summed E-state index contributed by atoms with van der Waals surface area (Å²) in [5.41, 5.74) is 5.11. The van der Waals surface area contributed by atoms with Gasteiger partial charge in [-0.15, -0.1) is 0 Å². The highest BCUT2D eigenvalue weighted by Gasteiger charge is 2.40. The van der Waals surface area contributed by atoms with Crippen LogP contribution in [0.4, 0.5) is 19.0 Å². The number of H-pyrrole nitrogens is 1. The van der Waals surface area contributed by atoms with Crippen molar-refractivity contribution in [1.29, 1.82) is 0 Å². The van der Waals surface area contributed by atoms with Gasteiger partial charge in [0.05, 0.1) is 17.5 Å². The molecule has 2 atom stereocenters. The van der Waals surface area contributed by atoms with E-state index in [1.165, 1.54) is 31.9 Å². The fourth-order valence-electron chi connectivity index (χ4n) is 2.89. The van der Waals surface area contributed by atoms with E-state index < -0.39 is 17.6 Å². The first-order valence-corrected chi connectivity index (χ1v) is 8.34. The van der Waals surface area contributed by atoms with Crippen LogP contribution in [0.3, 0.4) is 0 Å². The number of nitrogens with two attached hydrogens (primary N) is 1. The predicted molar refractivity (Wildman–Crippen MR) is 89.8 cm³/mol. The van der Waals surface area contributed by atoms with Gasteiger partial charge in [0.2, 0.25) is 0 Å². The Morgan fingerprint density at radius 3 is 2.28 bits per heavy atom. The summed E-state index contributed by atoms with van der Waals surface area (Å²) in [6, 6.07) is 0.972. The number of fused-ring (bicyclic) bond motifs is 1. The first-order valence-electron chi connectivity index (χ1n) is 8.34. The number of imidazole rings is 1. The molecule has 0 amide bonds. The molecule has 2 unspecified atom stereocenters. The first kappa shape index (κ1) is 17.7. The first-order chi connectivity index (χ1) is 11.8. The van der Waals surface area contributed by atoms with Gasteiger partial charge in [-0.05, 0) is 37.4 Å². The van der Waals surface area contributed by atoms with E-state index in [-0.39, 0.29) is 5.92 Å². The summed E-state index contributed by atoms with van der Waals surface area (Å²) in [4.78, 5) is 10.7. The lowest BCUT2D eigenvalue weighted by Gasteiger charge is -2.10. The van der Waals surface area contributed by atoms with Crippen LogP contribution in [0, 0.1) is 11.8 Å². The van der Waals surface area contributed by atoms with Gasteiger partial charge in [0.1, 0.15) is 11.6 Å². The molecule has 1 aliphatic heterocycles. The van der Waals surface area contributed by atoms with E-state index in [0.717, 1.165) is 17.9 Å². The normalized spacial score (nSPS) is 21.7. The van der Waals surface area contributed by atoms with E-state index in [9.17, 15) is 13.2 Å². The summed E-state index contributed by atoms with van der Waals surface area (Å²) >= 11 is 0. The van der Waals surface area contributed by atoms with Gasteiger partial charge in [-0.1, -0.05) is 13.8 Å². The average molecular weight is 353 g/mol. The summed E-state index contributed by atoms with van der Waals surface area (Å²) in [7, 11) is 0. The Balaban J connectivity index is 0.000000250. The predicted octanol–water partition coefficient (Wildman–Crippen LogP) is 3.42. The van der Waals surface area contributed by atoms with Crippen LogP contribution >= 0.6 is 0 Å². The Morgan fingerprint density at radius 2 is 1.84 bits per heavy atom. The van der Waals surface area contributed by atoms with Crippen molar-refractivity contribution in [3.63, 3.8) is 0 Å². The molecule has 0 bridgehead atoms. The largest absolute Gasteiger partial charge is 0.419 e. The molecule has 4 N–H and O–H groups in total. The lowest BCUT2D eigenvalue weighted by atomic mass is 10.1. The van der Waals surface area contributed by atoms with Crippen molar-refractivity contribution in [2.24, 2.45) is 11.8 Å². The van der Waals surface area contributed by atoms with Crippen LogP contribution in [0.2, 0.25) is 0 Å². The number of halogens is 3. The number of hydrogen-bond donors (Lipinski definition) is 3. The van der Waals surface area contributed by atoms with Crippen LogP contribution in [-0.4, -0.2) is 28.0 Å². The van der Waals surface area contributed by atoms with Gasteiger partial charge in [-0.2, -0.15) is 13.2 Å². The van der Waals surface area contributed by atoms with E-state index in [2.05, 4.69) is 20.3 Å². The molecule has 25 heavy (non-hydrogen) atoms. The minimum atomic E-state index is -4.52. The third-order valence-electron chi connectivity index (χ3n) is 4.56. The lowest BCUT2D eigenvalue weighted by molar-refractivity contribution is -0.137. The number of hydrogen-bond acceptors (Lipinski definition) is 4. The zero-order valence-electron chi connectivity index (χ0n) is 14.2. The van der Waals surface area contributed by atoms with Crippen LogP contribution in [-0.2, 0) is 6.18 Å². The Labute approximate surface area is 144 Å². The Hall–Kier alpha value is -2.09. The minimum absolute atomic E-state index is 0.164. The summed E-state index contributed by atoms with van der Waals surface area (Å²) in [5, 5.41) is 3.32. The SMILES string of the molecule is C1NCC2CC12.CC(C)c1ncc(-c2cnc(N)c(C(F)(F)F)c2)[nH]1. The molecule has 1 saturated carbocycles. The molecule has 8 heteroatoms. The summed E-state index contributed by atoms with van der Waals surface area (Å²) in [6.07, 6.45) is -0.216. The molecular formula is C17H22F3N5. The van der Waals surface area contributed by atoms with Crippen molar-refractivity contribution < 1.29 is 13.2 Å². The monoisotopic (exact) mass is 353 g/mol. The average Bonchev–Trinajstić information content (AvgIpc) is 2.97. The number of alkyl halides is 3. The zero-order valence-corrected chi connectivity index (χ0v) is 14.2. The number of nitrogens with zero attached hydrogens (tertiary/aromatic N) is 2. The van der Waals surface area contributed by atoms with E-state index in [0.29, 0.717) is 17.1 Å². The number of pyridine rings is 1. The molecule has 0 spiro atoms. The summed E-state index contributed by atoms with van der Waals surface area (Å²) < 4.78 is 38.2.